The van der Waals surface area contributed by atoms with Crippen LogP contribution in [0.5, 0.6) is 46.0 Å². The van der Waals surface area contributed by atoms with Crippen molar-refractivity contribution in [2.75, 3.05) is 28.4 Å². The molecule has 0 fully saturated rings. The molecule has 192 valence electrons. The van der Waals surface area contributed by atoms with Crippen molar-refractivity contribution in [2.45, 2.75) is 0 Å². The predicted molar refractivity (Wildman–Crippen MR) is 140 cm³/mol. The van der Waals surface area contributed by atoms with Gasteiger partial charge in [0.15, 0.2) is 0 Å². The molecule has 4 aromatic carbocycles. The van der Waals surface area contributed by atoms with E-state index in [1.165, 1.54) is 0 Å². The zero-order valence-corrected chi connectivity index (χ0v) is 21.1. The molecular formula is C28H28BO8-. The molecule has 0 aliphatic heterocycles. The summed E-state index contributed by atoms with van der Waals surface area (Å²) in [4.78, 5) is 0. The van der Waals surface area contributed by atoms with Gasteiger partial charge in [-0.1, -0.05) is 0 Å². The fourth-order valence-corrected chi connectivity index (χ4v) is 3.43. The van der Waals surface area contributed by atoms with E-state index < -0.39 is 6.96 Å². The van der Waals surface area contributed by atoms with Gasteiger partial charge in [-0.3, -0.25) is 0 Å². The molecular weight excluding hydrogens is 475 g/mol. The highest BCUT2D eigenvalue weighted by atomic mass is 16.9. The lowest BCUT2D eigenvalue weighted by Gasteiger charge is -2.41. The summed E-state index contributed by atoms with van der Waals surface area (Å²) in [5.74, 6) is 4.46. The second-order valence-corrected chi connectivity index (χ2v) is 7.75. The Morgan fingerprint density at radius 1 is 0.297 bits per heavy atom. The van der Waals surface area contributed by atoms with Gasteiger partial charge in [-0.05, 0) is 97.1 Å². The fraction of sp³-hybridized carbons (Fsp3) is 0.143. The minimum Gasteiger partial charge on any atom is -0.611 e. The minimum absolute atomic E-state index is 0.441. The summed E-state index contributed by atoms with van der Waals surface area (Å²) in [7, 11) is 6.37. The van der Waals surface area contributed by atoms with Crippen LogP contribution in [0.15, 0.2) is 97.1 Å². The zero-order valence-electron chi connectivity index (χ0n) is 21.1. The molecule has 0 unspecified atom stereocenters. The van der Waals surface area contributed by atoms with Crippen molar-refractivity contribution in [3.63, 3.8) is 0 Å². The molecule has 4 rings (SSSR count). The second-order valence-electron chi connectivity index (χ2n) is 7.75. The van der Waals surface area contributed by atoms with Gasteiger partial charge in [-0.25, -0.2) is 0 Å². The Bertz CT molecular complexity index is 1040. The number of hydrogen-bond donors (Lipinski definition) is 0. The third-order valence-electron chi connectivity index (χ3n) is 5.36. The summed E-state index contributed by atoms with van der Waals surface area (Å²) in [5, 5.41) is 0. The Balaban J connectivity index is 1.76. The average molecular weight is 503 g/mol. The van der Waals surface area contributed by atoms with Crippen molar-refractivity contribution >= 4 is 6.96 Å². The van der Waals surface area contributed by atoms with Crippen LogP contribution in [0, 0.1) is 0 Å². The first kappa shape index (κ1) is 25.4. The van der Waals surface area contributed by atoms with Gasteiger partial charge in [-0.15, -0.1) is 0 Å². The van der Waals surface area contributed by atoms with Gasteiger partial charge in [0.2, 0.25) is 0 Å². The third kappa shape index (κ3) is 6.73. The maximum atomic E-state index is 6.33. The van der Waals surface area contributed by atoms with Crippen LogP contribution in [0.2, 0.25) is 0 Å². The summed E-state index contributed by atoms with van der Waals surface area (Å²) in [6, 6.07) is 28.0. The number of benzene rings is 4. The molecule has 0 aromatic heterocycles. The molecule has 9 heteroatoms. The first-order valence-corrected chi connectivity index (χ1v) is 11.5. The van der Waals surface area contributed by atoms with Gasteiger partial charge < -0.3 is 37.6 Å². The minimum atomic E-state index is -2.96. The molecule has 0 heterocycles. The highest BCUT2D eigenvalue weighted by Gasteiger charge is 2.43. The molecule has 0 atom stereocenters. The van der Waals surface area contributed by atoms with Crippen molar-refractivity contribution in [3.8, 4) is 46.0 Å². The van der Waals surface area contributed by atoms with E-state index in [2.05, 4.69) is 0 Å². The average Bonchev–Trinajstić information content (AvgIpc) is 2.94. The third-order valence-corrected chi connectivity index (χ3v) is 5.36. The van der Waals surface area contributed by atoms with E-state index in [1.807, 2.05) is 0 Å². The smallest absolute Gasteiger partial charge is 0.611 e. The van der Waals surface area contributed by atoms with E-state index >= 15 is 0 Å². The lowest BCUT2D eigenvalue weighted by molar-refractivity contribution is 0.160. The van der Waals surface area contributed by atoms with Gasteiger partial charge in [0, 0.05) is 0 Å². The van der Waals surface area contributed by atoms with Gasteiger partial charge in [-0.2, -0.15) is 0 Å². The van der Waals surface area contributed by atoms with Crippen molar-refractivity contribution in [2.24, 2.45) is 0 Å². The Kier molecular flexibility index (Phi) is 8.15. The maximum absolute atomic E-state index is 6.33. The van der Waals surface area contributed by atoms with Crippen LogP contribution in [-0.4, -0.2) is 35.4 Å². The van der Waals surface area contributed by atoms with Gasteiger partial charge in [0.05, 0.1) is 51.4 Å². The van der Waals surface area contributed by atoms with Crippen molar-refractivity contribution in [1.29, 1.82) is 0 Å². The normalized spacial score (nSPS) is 10.7. The van der Waals surface area contributed by atoms with Gasteiger partial charge >= 0.3 is 6.96 Å². The predicted octanol–water partition coefficient (Wildman–Crippen LogP) is 5.77. The van der Waals surface area contributed by atoms with Crippen LogP contribution in [0.3, 0.4) is 0 Å². The van der Waals surface area contributed by atoms with Crippen LogP contribution < -0.4 is 37.6 Å². The van der Waals surface area contributed by atoms with E-state index in [0.29, 0.717) is 46.0 Å². The highest BCUT2D eigenvalue weighted by Crippen LogP contribution is 2.30. The zero-order chi connectivity index (χ0) is 26.1. The quantitative estimate of drug-likeness (QED) is 0.226. The molecule has 4 aromatic rings. The molecule has 0 aliphatic rings. The Morgan fingerprint density at radius 3 is 0.622 bits per heavy atom. The lowest BCUT2D eigenvalue weighted by Crippen LogP contribution is -2.60. The van der Waals surface area contributed by atoms with E-state index in [9.17, 15) is 0 Å². The summed E-state index contributed by atoms with van der Waals surface area (Å²) < 4.78 is 46.4. The largest absolute Gasteiger partial charge is 0.777 e. The molecule has 8 nitrogen and oxygen atoms in total. The van der Waals surface area contributed by atoms with Crippen LogP contribution in [-0.2, 0) is 0 Å². The summed E-state index contributed by atoms with van der Waals surface area (Å²) in [6.07, 6.45) is 0. The molecule has 0 saturated carbocycles. The van der Waals surface area contributed by atoms with Crippen molar-refractivity contribution in [1.82, 2.24) is 0 Å². The number of ether oxygens (including phenoxy) is 4. The number of rotatable bonds is 12. The summed E-state index contributed by atoms with van der Waals surface area (Å²) in [6.45, 7) is -2.96. The number of methoxy groups -OCH3 is 4. The molecule has 0 spiro atoms. The maximum Gasteiger partial charge on any atom is 0.777 e. The SMILES string of the molecule is COc1ccc(O[B-](Oc2ccc(OC)cc2)(Oc2ccc(OC)cc2)Oc2ccc(OC)cc2)cc1. The Morgan fingerprint density at radius 2 is 0.459 bits per heavy atom. The summed E-state index contributed by atoms with van der Waals surface area (Å²) in [5.41, 5.74) is 0. The first-order valence-electron chi connectivity index (χ1n) is 11.5. The number of hydrogen-bond acceptors (Lipinski definition) is 8. The van der Waals surface area contributed by atoms with Gasteiger partial charge in [0.25, 0.3) is 0 Å². The second kappa shape index (κ2) is 11.9. The van der Waals surface area contributed by atoms with E-state index in [-0.39, 0.29) is 0 Å². The van der Waals surface area contributed by atoms with Crippen molar-refractivity contribution < 1.29 is 37.6 Å². The molecule has 0 saturated heterocycles. The molecule has 37 heavy (non-hydrogen) atoms. The van der Waals surface area contributed by atoms with Crippen LogP contribution in [0.25, 0.3) is 0 Å². The Hall–Kier alpha value is -4.66. The molecule has 0 amide bonds. The topological polar surface area (TPSA) is 73.8 Å². The molecule has 0 bridgehead atoms. The van der Waals surface area contributed by atoms with E-state index in [4.69, 9.17) is 37.6 Å². The molecule has 0 radical (unpaired) electrons. The van der Waals surface area contributed by atoms with Gasteiger partial charge in [0.1, 0.15) is 23.0 Å². The Labute approximate surface area is 216 Å². The van der Waals surface area contributed by atoms with E-state index in [1.54, 1.807) is 126 Å². The first-order chi connectivity index (χ1) is 18.0. The highest BCUT2D eigenvalue weighted by molar-refractivity contribution is 6.57. The van der Waals surface area contributed by atoms with Crippen molar-refractivity contribution in [3.05, 3.63) is 97.1 Å². The van der Waals surface area contributed by atoms with Crippen LogP contribution in [0.1, 0.15) is 0 Å². The monoisotopic (exact) mass is 503 g/mol. The lowest BCUT2D eigenvalue weighted by atomic mass is 10.0. The van der Waals surface area contributed by atoms with Crippen LogP contribution in [0.4, 0.5) is 0 Å². The fourth-order valence-electron chi connectivity index (χ4n) is 3.43. The van der Waals surface area contributed by atoms with E-state index in [0.717, 1.165) is 0 Å². The standard InChI is InChI=1S/C28H28BO8/c1-30-21-5-13-25(14-6-21)34-29(35-26-15-7-22(31-2)8-16-26,36-27-17-9-23(32-3)10-18-27)37-28-19-11-24(33-4)12-20-28/h5-20H,1-4H3/q-1. The molecule has 0 N–H and O–H groups in total. The van der Waals surface area contributed by atoms with Crippen LogP contribution >= 0.6 is 0 Å². The molecule has 0 aliphatic carbocycles. The summed E-state index contributed by atoms with van der Waals surface area (Å²) >= 11 is 0.